The molecule has 0 amide bonds. The number of fused-ring (bicyclic) bond motifs is 1. The summed E-state index contributed by atoms with van der Waals surface area (Å²) >= 11 is 0. The average molecular weight is 289 g/mol. The van der Waals surface area contributed by atoms with Crippen LogP contribution in [0.3, 0.4) is 0 Å². The Kier molecular flexibility index (Phi) is 4.50. The first-order valence-corrected chi connectivity index (χ1v) is 7.31. The highest BCUT2D eigenvalue weighted by Gasteiger charge is 2.17. The van der Waals surface area contributed by atoms with Gasteiger partial charge < -0.3 is 15.0 Å². The number of hydrogen-bond donors (Lipinski definition) is 1. The molecule has 114 valence electrons. The number of nitrogens with two attached hydrogens (primary N) is 1. The zero-order valence-corrected chi connectivity index (χ0v) is 13.1. The van der Waals surface area contributed by atoms with Crippen molar-refractivity contribution in [2.24, 2.45) is 5.92 Å². The van der Waals surface area contributed by atoms with E-state index >= 15 is 0 Å². The summed E-state index contributed by atoms with van der Waals surface area (Å²) in [6.07, 6.45) is 0.675. The molecular weight excluding hydrogens is 266 g/mol. The zero-order valence-electron chi connectivity index (χ0n) is 13.1. The molecule has 2 aromatic rings. The van der Waals surface area contributed by atoms with E-state index < -0.39 is 0 Å². The van der Waals surface area contributed by atoms with Crippen LogP contribution < -0.4 is 5.73 Å². The number of nitrogens with zero attached hydrogens (tertiary/aromatic N) is 2. The second-order valence-corrected chi connectivity index (χ2v) is 5.97. The first kappa shape index (κ1) is 15.4. The smallest absolute Gasteiger partial charge is 0.326 e. The minimum atomic E-state index is -0.253. The summed E-state index contributed by atoms with van der Waals surface area (Å²) in [4.78, 5) is 16.6. The number of para-hydroxylation sites is 1. The van der Waals surface area contributed by atoms with Crippen molar-refractivity contribution in [2.75, 3.05) is 5.73 Å². The molecule has 21 heavy (non-hydrogen) atoms. The van der Waals surface area contributed by atoms with Crippen LogP contribution in [-0.2, 0) is 22.5 Å². The summed E-state index contributed by atoms with van der Waals surface area (Å²) in [5.41, 5.74) is 8.26. The van der Waals surface area contributed by atoms with E-state index in [1.807, 2.05) is 36.6 Å². The van der Waals surface area contributed by atoms with Crippen LogP contribution in [0.1, 0.15) is 33.5 Å². The van der Waals surface area contributed by atoms with Gasteiger partial charge in [0.15, 0.2) is 0 Å². The van der Waals surface area contributed by atoms with Crippen LogP contribution in [0.2, 0.25) is 0 Å². The van der Waals surface area contributed by atoms with Gasteiger partial charge in [-0.2, -0.15) is 0 Å². The largest absolute Gasteiger partial charge is 0.462 e. The Labute approximate surface area is 125 Å². The molecule has 1 aromatic carbocycles. The number of imidazole rings is 1. The fourth-order valence-electron chi connectivity index (χ4n) is 2.34. The van der Waals surface area contributed by atoms with E-state index in [0.717, 1.165) is 23.3 Å². The molecule has 0 atom stereocenters. The molecule has 2 N–H and O–H groups in total. The Morgan fingerprint density at radius 1 is 1.33 bits per heavy atom. The molecule has 0 unspecified atom stereocenters. The summed E-state index contributed by atoms with van der Waals surface area (Å²) in [5.74, 6) is 1.07. The monoisotopic (exact) mass is 289 g/mol. The molecule has 1 heterocycles. The van der Waals surface area contributed by atoms with E-state index in [-0.39, 0.29) is 18.6 Å². The van der Waals surface area contributed by atoms with E-state index in [0.29, 0.717) is 11.6 Å². The highest BCUT2D eigenvalue weighted by Crippen LogP contribution is 2.23. The lowest BCUT2D eigenvalue weighted by Gasteiger charge is -2.12. The molecule has 0 saturated carbocycles. The highest BCUT2D eigenvalue weighted by molar-refractivity contribution is 5.88. The van der Waals surface area contributed by atoms with Gasteiger partial charge in [-0.1, -0.05) is 19.9 Å². The highest BCUT2D eigenvalue weighted by atomic mass is 16.5. The molecule has 0 aliphatic carbocycles. The number of rotatable bonds is 5. The minimum absolute atomic E-state index is 0.120. The topological polar surface area (TPSA) is 70.1 Å². The third kappa shape index (κ3) is 3.54. The maximum absolute atomic E-state index is 12.0. The number of hydrogen-bond acceptors (Lipinski definition) is 4. The fraction of sp³-hybridized carbons (Fsp3) is 0.500. The first-order valence-electron chi connectivity index (χ1n) is 7.31. The number of carbonyl (C=O) groups excluding carboxylic acids is 1. The van der Waals surface area contributed by atoms with Crippen molar-refractivity contribution < 1.29 is 9.53 Å². The molecule has 1 aromatic heterocycles. The van der Waals surface area contributed by atoms with E-state index in [2.05, 4.69) is 18.8 Å². The van der Waals surface area contributed by atoms with Crippen molar-refractivity contribution in [1.29, 1.82) is 0 Å². The number of anilines is 1. The van der Waals surface area contributed by atoms with Gasteiger partial charge in [0.1, 0.15) is 17.9 Å². The van der Waals surface area contributed by atoms with Crippen LogP contribution in [0.4, 0.5) is 5.69 Å². The quantitative estimate of drug-likeness (QED) is 0.678. The second-order valence-electron chi connectivity index (χ2n) is 5.97. The van der Waals surface area contributed by atoms with Gasteiger partial charge in [0.05, 0.1) is 17.3 Å². The maximum Gasteiger partial charge on any atom is 0.326 e. The first-order chi connectivity index (χ1) is 9.88. The van der Waals surface area contributed by atoms with Crippen molar-refractivity contribution in [3.63, 3.8) is 0 Å². The van der Waals surface area contributed by atoms with E-state index in [1.165, 1.54) is 0 Å². The molecular formula is C16H23N3O2. The van der Waals surface area contributed by atoms with Gasteiger partial charge in [0, 0.05) is 6.42 Å². The third-order valence-corrected chi connectivity index (χ3v) is 3.13. The molecule has 0 aliphatic heterocycles. The Balaban J connectivity index is 2.43. The van der Waals surface area contributed by atoms with Crippen molar-refractivity contribution in [3.8, 4) is 0 Å². The summed E-state index contributed by atoms with van der Waals surface area (Å²) in [5, 5.41) is 0. The van der Waals surface area contributed by atoms with Crippen LogP contribution in [0.5, 0.6) is 0 Å². The summed E-state index contributed by atoms with van der Waals surface area (Å²) in [6, 6.07) is 5.64. The van der Waals surface area contributed by atoms with E-state index in [9.17, 15) is 4.79 Å². The van der Waals surface area contributed by atoms with Crippen LogP contribution in [0.15, 0.2) is 18.2 Å². The molecule has 2 rings (SSSR count). The summed E-state index contributed by atoms with van der Waals surface area (Å²) < 4.78 is 7.16. The summed E-state index contributed by atoms with van der Waals surface area (Å²) in [7, 11) is 0. The molecule has 0 radical (unpaired) electrons. The second kappa shape index (κ2) is 6.16. The van der Waals surface area contributed by atoms with Crippen LogP contribution in [-0.4, -0.2) is 21.6 Å². The third-order valence-electron chi connectivity index (χ3n) is 3.13. The lowest BCUT2D eigenvalue weighted by molar-refractivity contribution is -0.148. The van der Waals surface area contributed by atoms with Gasteiger partial charge in [-0.25, -0.2) is 4.98 Å². The average Bonchev–Trinajstić information content (AvgIpc) is 2.67. The molecule has 0 saturated heterocycles. The molecule has 0 bridgehead atoms. The van der Waals surface area contributed by atoms with Crippen LogP contribution in [0, 0.1) is 5.92 Å². The van der Waals surface area contributed by atoms with Gasteiger partial charge in [-0.05, 0) is 31.9 Å². The lowest BCUT2D eigenvalue weighted by atomic mass is 10.1. The summed E-state index contributed by atoms with van der Waals surface area (Å²) in [6.45, 7) is 8.10. The number of ether oxygens (including phenoxy) is 1. The number of carbonyl (C=O) groups is 1. The Morgan fingerprint density at radius 2 is 2.05 bits per heavy atom. The molecule has 5 nitrogen and oxygen atoms in total. The maximum atomic E-state index is 12.0. The number of esters is 1. The number of aromatic nitrogens is 2. The normalized spacial score (nSPS) is 11.5. The van der Waals surface area contributed by atoms with E-state index in [4.69, 9.17) is 10.5 Å². The zero-order chi connectivity index (χ0) is 15.6. The SMILES string of the molecule is CC(C)Cc1nc2c(N)cccc2n1CC(=O)OC(C)C. The van der Waals surface area contributed by atoms with Gasteiger partial charge in [-0.15, -0.1) is 0 Å². The van der Waals surface area contributed by atoms with Crippen molar-refractivity contribution >= 4 is 22.7 Å². The Morgan fingerprint density at radius 3 is 2.67 bits per heavy atom. The minimum Gasteiger partial charge on any atom is -0.462 e. The predicted octanol–water partition coefficient (Wildman–Crippen LogP) is 2.77. The van der Waals surface area contributed by atoms with Gasteiger partial charge in [0.2, 0.25) is 0 Å². The van der Waals surface area contributed by atoms with Crippen molar-refractivity contribution in [2.45, 2.75) is 46.8 Å². The lowest BCUT2D eigenvalue weighted by Crippen LogP contribution is -2.19. The molecule has 0 fully saturated rings. The number of benzene rings is 1. The number of nitrogen functional groups attached to an aromatic ring is 1. The Bertz CT molecular complexity index is 644. The van der Waals surface area contributed by atoms with Crippen LogP contribution in [0.25, 0.3) is 11.0 Å². The van der Waals surface area contributed by atoms with Gasteiger partial charge >= 0.3 is 5.97 Å². The van der Waals surface area contributed by atoms with E-state index in [1.54, 1.807) is 0 Å². The van der Waals surface area contributed by atoms with Crippen molar-refractivity contribution in [3.05, 3.63) is 24.0 Å². The van der Waals surface area contributed by atoms with Crippen molar-refractivity contribution in [1.82, 2.24) is 9.55 Å². The predicted molar refractivity (Wildman–Crippen MR) is 83.9 cm³/mol. The molecule has 5 heteroatoms. The molecule has 0 aliphatic rings. The Hall–Kier alpha value is -2.04. The standard InChI is InChI=1S/C16H23N3O2/c1-10(2)8-14-18-16-12(17)6-5-7-13(16)19(14)9-15(20)21-11(3)4/h5-7,10-11H,8-9,17H2,1-4H3. The van der Waals surface area contributed by atoms with Gasteiger partial charge in [0.25, 0.3) is 0 Å². The van der Waals surface area contributed by atoms with Crippen LogP contribution >= 0.6 is 0 Å². The molecule has 0 spiro atoms. The fourth-order valence-corrected chi connectivity index (χ4v) is 2.34. The van der Waals surface area contributed by atoms with Gasteiger partial charge in [-0.3, -0.25) is 4.79 Å².